The molecule has 2 unspecified atom stereocenters. The van der Waals surface area contributed by atoms with E-state index in [-0.39, 0.29) is 5.92 Å². The van der Waals surface area contributed by atoms with Crippen LogP contribution >= 0.6 is 0 Å². The molecule has 0 radical (unpaired) electrons. The van der Waals surface area contributed by atoms with E-state index in [0.717, 1.165) is 12.3 Å². The first-order valence-electron chi connectivity index (χ1n) is 4.85. The van der Waals surface area contributed by atoms with Crippen LogP contribution in [-0.2, 0) is 4.79 Å². The fourth-order valence-corrected chi connectivity index (χ4v) is 1.74. The van der Waals surface area contributed by atoms with Gasteiger partial charge in [0, 0.05) is 5.92 Å². The molecule has 0 aliphatic heterocycles. The Kier molecular flexibility index (Phi) is 3.51. The minimum atomic E-state index is 0.265. The van der Waals surface area contributed by atoms with E-state index in [9.17, 15) is 4.79 Å². The van der Waals surface area contributed by atoms with Gasteiger partial charge in [-0.1, -0.05) is 19.1 Å². The van der Waals surface area contributed by atoms with Gasteiger partial charge in [0.15, 0.2) is 0 Å². The molecule has 0 aromatic carbocycles. The average Bonchev–Trinajstić information content (AvgIpc) is 2.06. The minimum Gasteiger partial charge on any atom is -0.300 e. The van der Waals surface area contributed by atoms with Gasteiger partial charge in [-0.3, -0.25) is 4.79 Å². The molecule has 1 heteroatoms. The molecule has 0 fully saturated rings. The zero-order valence-electron chi connectivity index (χ0n) is 8.05. The molecule has 0 saturated carbocycles. The molecule has 68 valence electrons. The minimum absolute atomic E-state index is 0.265. The zero-order chi connectivity index (χ0) is 8.97. The Balaban J connectivity index is 2.30. The van der Waals surface area contributed by atoms with Crippen LogP contribution in [0.25, 0.3) is 0 Å². The van der Waals surface area contributed by atoms with Crippen LogP contribution in [0.3, 0.4) is 0 Å². The largest absolute Gasteiger partial charge is 0.300 e. The van der Waals surface area contributed by atoms with Gasteiger partial charge in [0.2, 0.25) is 0 Å². The molecule has 0 saturated heterocycles. The Hall–Kier alpha value is -0.590. The second kappa shape index (κ2) is 4.44. The first-order valence-corrected chi connectivity index (χ1v) is 4.85. The van der Waals surface area contributed by atoms with Gasteiger partial charge < -0.3 is 0 Å². The molecule has 0 heterocycles. The first-order chi connectivity index (χ1) is 5.70. The number of ketones is 1. The van der Waals surface area contributed by atoms with Crippen LogP contribution < -0.4 is 0 Å². The van der Waals surface area contributed by atoms with Gasteiger partial charge in [-0.05, 0) is 38.5 Å². The van der Waals surface area contributed by atoms with Crippen molar-refractivity contribution in [2.45, 2.75) is 39.5 Å². The Bertz CT molecular complexity index is 181. The molecular formula is C11H18O. The maximum Gasteiger partial charge on any atom is 0.132 e. The van der Waals surface area contributed by atoms with Gasteiger partial charge >= 0.3 is 0 Å². The first kappa shape index (κ1) is 9.50. The zero-order valence-corrected chi connectivity index (χ0v) is 8.05. The fraction of sp³-hybridized carbons (Fsp3) is 0.727. The molecule has 0 amide bonds. The highest BCUT2D eigenvalue weighted by atomic mass is 16.1. The summed E-state index contributed by atoms with van der Waals surface area (Å²) in [5.41, 5.74) is 0. The highest BCUT2D eigenvalue weighted by Gasteiger charge is 2.16. The van der Waals surface area contributed by atoms with Crippen LogP contribution in [0.15, 0.2) is 12.2 Å². The average molecular weight is 166 g/mol. The number of carbonyl (C=O) groups is 1. The van der Waals surface area contributed by atoms with Crippen molar-refractivity contribution in [3.8, 4) is 0 Å². The van der Waals surface area contributed by atoms with Crippen molar-refractivity contribution in [2.75, 3.05) is 0 Å². The third-order valence-corrected chi connectivity index (χ3v) is 2.76. The Morgan fingerprint density at radius 3 is 2.83 bits per heavy atom. The van der Waals surface area contributed by atoms with Crippen LogP contribution in [-0.4, -0.2) is 5.78 Å². The van der Waals surface area contributed by atoms with Gasteiger partial charge in [0.25, 0.3) is 0 Å². The van der Waals surface area contributed by atoms with E-state index in [1.807, 2.05) is 6.92 Å². The number of hydrogen-bond donors (Lipinski definition) is 0. The number of Topliss-reactive ketones (excluding diaryl/α,β-unsaturated/α-hetero) is 1. The Morgan fingerprint density at radius 1 is 1.58 bits per heavy atom. The summed E-state index contributed by atoms with van der Waals surface area (Å²) < 4.78 is 0. The van der Waals surface area contributed by atoms with Crippen molar-refractivity contribution >= 4 is 5.78 Å². The summed E-state index contributed by atoms with van der Waals surface area (Å²) in [6.45, 7) is 3.74. The SMILES string of the molecule is CC(=O)C(C)CC1CC=CCC1. The standard InChI is InChI=1S/C11H18O/c1-9(10(2)12)8-11-6-4-3-5-7-11/h3-4,9,11H,5-8H2,1-2H3. The van der Waals surface area contributed by atoms with Crippen LogP contribution in [0, 0.1) is 11.8 Å². The molecular weight excluding hydrogens is 148 g/mol. The van der Waals surface area contributed by atoms with Crippen LogP contribution in [0.4, 0.5) is 0 Å². The monoisotopic (exact) mass is 166 g/mol. The highest BCUT2D eigenvalue weighted by molar-refractivity contribution is 5.77. The van der Waals surface area contributed by atoms with Crippen molar-refractivity contribution in [3.63, 3.8) is 0 Å². The topological polar surface area (TPSA) is 17.1 Å². The third-order valence-electron chi connectivity index (χ3n) is 2.76. The second-order valence-electron chi connectivity index (χ2n) is 3.90. The number of allylic oxidation sites excluding steroid dienone is 2. The van der Waals surface area contributed by atoms with Crippen molar-refractivity contribution in [3.05, 3.63) is 12.2 Å². The molecule has 1 aliphatic carbocycles. The van der Waals surface area contributed by atoms with Crippen molar-refractivity contribution in [1.82, 2.24) is 0 Å². The molecule has 1 aliphatic rings. The normalized spacial score (nSPS) is 25.3. The smallest absolute Gasteiger partial charge is 0.132 e. The number of rotatable bonds is 3. The van der Waals surface area contributed by atoms with E-state index in [1.54, 1.807) is 6.92 Å². The summed E-state index contributed by atoms with van der Waals surface area (Å²) in [5, 5.41) is 0. The fourth-order valence-electron chi connectivity index (χ4n) is 1.74. The summed E-state index contributed by atoms with van der Waals surface area (Å²) in [5.74, 6) is 1.36. The second-order valence-corrected chi connectivity index (χ2v) is 3.90. The van der Waals surface area contributed by atoms with Gasteiger partial charge in [-0.25, -0.2) is 0 Å². The summed E-state index contributed by atoms with van der Waals surface area (Å²) in [6, 6.07) is 0. The van der Waals surface area contributed by atoms with E-state index in [4.69, 9.17) is 0 Å². The van der Waals surface area contributed by atoms with E-state index in [0.29, 0.717) is 5.78 Å². The van der Waals surface area contributed by atoms with Crippen LogP contribution in [0.1, 0.15) is 39.5 Å². The van der Waals surface area contributed by atoms with E-state index < -0.39 is 0 Å². The van der Waals surface area contributed by atoms with E-state index in [1.165, 1.54) is 19.3 Å². The Morgan fingerprint density at radius 2 is 2.33 bits per heavy atom. The van der Waals surface area contributed by atoms with Gasteiger partial charge in [-0.2, -0.15) is 0 Å². The van der Waals surface area contributed by atoms with Gasteiger partial charge in [-0.15, -0.1) is 0 Å². The molecule has 0 bridgehead atoms. The lowest BCUT2D eigenvalue weighted by molar-refractivity contribution is -0.120. The lowest BCUT2D eigenvalue weighted by atomic mass is 9.85. The van der Waals surface area contributed by atoms with Crippen molar-refractivity contribution in [2.24, 2.45) is 11.8 Å². The maximum atomic E-state index is 11.0. The predicted molar refractivity (Wildman–Crippen MR) is 50.9 cm³/mol. The molecule has 1 rings (SSSR count). The molecule has 0 spiro atoms. The summed E-state index contributed by atoms with van der Waals surface area (Å²) >= 11 is 0. The Labute approximate surface area is 74.9 Å². The highest BCUT2D eigenvalue weighted by Crippen LogP contribution is 2.25. The number of hydrogen-bond acceptors (Lipinski definition) is 1. The lowest BCUT2D eigenvalue weighted by Crippen LogP contribution is -2.13. The molecule has 0 aromatic heterocycles. The molecule has 0 aromatic rings. The van der Waals surface area contributed by atoms with Crippen molar-refractivity contribution < 1.29 is 4.79 Å². The van der Waals surface area contributed by atoms with E-state index >= 15 is 0 Å². The summed E-state index contributed by atoms with van der Waals surface area (Å²) in [4.78, 5) is 11.0. The van der Waals surface area contributed by atoms with Crippen LogP contribution in [0.5, 0.6) is 0 Å². The van der Waals surface area contributed by atoms with Crippen LogP contribution in [0.2, 0.25) is 0 Å². The summed E-state index contributed by atoms with van der Waals surface area (Å²) in [7, 11) is 0. The predicted octanol–water partition coefficient (Wildman–Crippen LogP) is 2.96. The van der Waals surface area contributed by atoms with Gasteiger partial charge in [0.1, 0.15) is 5.78 Å². The molecule has 0 N–H and O–H groups in total. The third kappa shape index (κ3) is 2.80. The van der Waals surface area contributed by atoms with E-state index in [2.05, 4.69) is 12.2 Å². The van der Waals surface area contributed by atoms with Crippen molar-refractivity contribution in [1.29, 1.82) is 0 Å². The lowest BCUT2D eigenvalue weighted by Gasteiger charge is -2.20. The summed E-state index contributed by atoms with van der Waals surface area (Å²) in [6.07, 6.45) is 9.23. The molecule has 2 atom stereocenters. The number of carbonyl (C=O) groups excluding carboxylic acids is 1. The molecule has 12 heavy (non-hydrogen) atoms. The van der Waals surface area contributed by atoms with Gasteiger partial charge in [0.05, 0.1) is 0 Å². The molecule has 1 nitrogen and oxygen atoms in total. The quantitative estimate of drug-likeness (QED) is 0.589. The maximum absolute atomic E-state index is 11.0.